The molecule has 0 saturated heterocycles. The Hall–Kier alpha value is -2.92. The van der Waals surface area contributed by atoms with Crippen molar-refractivity contribution < 1.29 is 34.8 Å². The smallest absolute Gasteiger partial charge is 0.255 e. The molecule has 0 radical (unpaired) electrons. The number of likely N-dealkylation sites (N-methyl/N-ethyl adjacent to an activating group) is 1. The zero-order chi connectivity index (χ0) is 27.8. The number of benzene rings is 1. The number of aliphatic hydroxyl groups is 3. The number of hydrogen-bond donors (Lipinski definition) is 6. The summed E-state index contributed by atoms with van der Waals surface area (Å²) in [6.45, 7) is 2.51. The van der Waals surface area contributed by atoms with E-state index < -0.39 is 58.0 Å². The van der Waals surface area contributed by atoms with Gasteiger partial charge in [0.15, 0.2) is 11.4 Å². The van der Waals surface area contributed by atoms with Gasteiger partial charge in [0.05, 0.1) is 11.6 Å². The molecular formula is C27H32ClN3O7. The van der Waals surface area contributed by atoms with Crippen molar-refractivity contribution in [1.29, 1.82) is 0 Å². The third-order valence-corrected chi connectivity index (χ3v) is 9.14. The van der Waals surface area contributed by atoms with E-state index in [1.165, 1.54) is 23.8 Å². The van der Waals surface area contributed by atoms with Crippen LogP contribution < -0.4 is 11.1 Å². The molecule has 1 aromatic carbocycles. The fraction of sp³-hybridized carbons (Fsp3) is 0.519. The first kappa shape index (κ1) is 26.7. The Morgan fingerprint density at radius 3 is 2.50 bits per heavy atom. The number of Topliss-reactive ketones (excluding diaryl/α,β-unsaturated/α-hetero) is 2. The van der Waals surface area contributed by atoms with Gasteiger partial charge in [-0.25, -0.2) is 0 Å². The van der Waals surface area contributed by atoms with Crippen LogP contribution in [0.25, 0.3) is 5.76 Å². The minimum atomic E-state index is -2.66. The SMILES string of the molecule is C[C@@H](NCc1cc(O)c2c(c1Cl)C[C@H]1C[C@H]3[C@H](N(C)C)C(=O)C(C(N)=O)=C(O)[C@@]3(O)C(=O)C1=C2O)C1CC1. The number of rotatable bonds is 6. The molecule has 11 heteroatoms. The van der Waals surface area contributed by atoms with Crippen LogP contribution in [0.5, 0.6) is 5.75 Å². The van der Waals surface area contributed by atoms with Gasteiger partial charge in [-0.3, -0.25) is 19.3 Å². The van der Waals surface area contributed by atoms with Crippen molar-refractivity contribution in [3.05, 3.63) is 44.7 Å². The van der Waals surface area contributed by atoms with Gasteiger partial charge in [0.25, 0.3) is 5.91 Å². The van der Waals surface area contributed by atoms with Gasteiger partial charge in [-0.05, 0) is 75.7 Å². The number of nitrogens with one attached hydrogen (secondary N) is 1. The highest BCUT2D eigenvalue weighted by atomic mass is 35.5. The second kappa shape index (κ2) is 9.08. The van der Waals surface area contributed by atoms with Crippen molar-refractivity contribution >= 4 is 34.8 Å². The van der Waals surface area contributed by atoms with Crippen molar-refractivity contribution in [3.63, 3.8) is 0 Å². The number of aromatic hydroxyl groups is 1. The van der Waals surface area contributed by atoms with Crippen molar-refractivity contribution in [2.45, 2.75) is 56.8 Å². The van der Waals surface area contributed by atoms with Gasteiger partial charge in [0.2, 0.25) is 5.78 Å². The molecule has 0 bridgehead atoms. The summed E-state index contributed by atoms with van der Waals surface area (Å²) in [7, 11) is 3.12. The van der Waals surface area contributed by atoms with Crippen molar-refractivity contribution in [2.24, 2.45) is 23.5 Å². The number of phenolic OH excluding ortho intramolecular Hbond substituents is 1. The summed E-state index contributed by atoms with van der Waals surface area (Å²) < 4.78 is 0. The van der Waals surface area contributed by atoms with E-state index in [-0.39, 0.29) is 35.8 Å². The molecule has 0 aromatic heterocycles. The maximum atomic E-state index is 13.8. The standard InChI is InChI=1S/C27H32ClN3O7/c1-10(11-4-5-11)30-9-13-8-16(32)18-14(20(13)28)6-12-7-15-21(31(2)3)23(34)19(26(29)37)25(36)27(15,38)24(35)17(12)22(18)33/h8,10-12,15,21,30,32-33,36,38H,4-7,9H2,1-3H3,(H2,29,37)/t10-,12+,15+,21+,27+/m1/s1. The average molecular weight is 546 g/mol. The summed E-state index contributed by atoms with van der Waals surface area (Å²) in [5.74, 6) is -6.20. The fourth-order valence-corrected chi connectivity index (χ4v) is 6.80. The van der Waals surface area contributed by atoms with Crippen LogP contribution in [0.1, 0.15) is 42.9 Å². The number of carbonyl (C=O) groups is 3. The summed E-state index contributed by atoms with van der Waals surface area (Å²) in [6, 6.07) is 0.603. The van der Waals surface area contributed by atoms with E-state index in [2.05, 4.69) is 12.2 Å². The molecule has 0 spiro atoms. The first-order valence-electron chi connectivity index (χ1n) is 12.7. The molecule has 4 aliphatic rings. The Balaban J connectivity index is 1.61. The lowest BCUT2D eigenvalue weighted by Crippen LogP contribution is -2.65. The van der Waals surface area contributed by atoms with Crippen LogP contribution in [0.4, 0.5) is 0 Å². The minimum Gasteiger partial charge on any atom is -0.508 e. The summed E-state index contributed by atoms with van der Waals surface area (Å²) in [6.07, 6.45) is 2.52. The summed E-state index contributed by atoms with van der Waals surface area (Å²) in [4.78, 5) is 40.5. The Morgan fingerprint density at radius 2 is 1.92 bits per heavy atom. The molecule has 1 amide bonds. The van der Waals surface area contributed by atoms with Crippen LogP contribution in [0, 0.1) is 17.8 Å². The van der Waals surface area contributed by atoms with Gasteiger partial charge in [-0.15, -0.1) is 0 Å². The van der Waals surface area contributed by atoms with Crippen LogP contribution in [-0.4, -0.2) is 74.6 Å². The molecule has 2 fully saturated rings. The second-order valence-electron chi connectivity index (χ2n) is 11.2. The lowest BCUT2D eigenvalue weighted by atomic mass is 9.57. The monoisotopic (exact) mass is 545 g/mol. The minimum absolute atomic E-state index is 0.00900. The third kappa shape index (κ3) is 3.77. The summed E-state index contributed by atoms with van der Waals surface area (Å²) in [5.41, 5.74) is 2.75. The lowest BCUT2D eigenvalue weighted by Gasteiger charge is -2.50. The molecule has 0 unspecified atom stereocenters. The van der Waals surface area contributed by atoms with Gasteiger partial charge in [-0.1, -0.05) is 11.6 Å². The number of nitrogens with two attached hydrogens (primary N) is 1. The van der Waals surface area contributed by atoms with Crippen molar-refractivity contribution in [2.75, 3.05) is 14.1 Å². The topological polar surface area (TPSA) is 173 Å². The molecule has 5 rings (SSSR count). The van der Waals surface area contributed by atoms with Crippen LogP contribution >= 0.6 is 11.6 Å². The Kier molecular flexibility index (Phi) is 6.38. The number of primary amides is 1. The first-order valence-corrected chi connectivity index (χ1v) is 13.1. The van der Waals surface area contributed by atoms with E-state index in [4.69, 9.17) is 17.3 Å². The molecule has 0 aliphatic heterocycles. The molecule has 2 saturated carbocycles. The van der Waals surface area contributed by atoms with E-state index in [0.29, 0.717) is 28.6 Å². The van der Waals surface area contributed by atoms with Crippen LogP contribution in [-0.2, 0) is 27.3 Å². The van der Waals surface area contributed by atoms with E-state index in [0.717, 1.165) is 0 Å². The van der Waals surface area contributed by atoms with Gasteiger partial charge >= 0.3 is 0 Å². The highest BCUT2D eigenvalue weighted by Gasteiger charge is 2.64. The van der Waals surface area contributed by atoms with Gasteiger partial charge < -0.3 is 31.5 Å². The second-order valence-corrected chi connectivity index (χ2v) is 11.6. The fourth-order valence-electron chi connectivity index (χ4n) is 6.51. The van der Waals surface area contributed by atoms with Gasteiger partial charge in [0, 0.05) is 29.1 Å². The molecule has 0 heterocycles. The van der Waals surface area contributed by atoms with E-state index in [1.807, 2.05) is 0 Å². The number of nitrogens with zero attached hydrogens (tertiary/aromatic N) is 1. The number of hydrogen-bond acceptors (Lipinski definition) is 9. The van der Waals surface area contributed by atoms with Gasteiger partial charge in [-0.2, -0.15) is 0 Å². The first-order chi connectivity index (χ1) is 17.8. The lowest BCUT2D eigenvalue weighted by molar-refractivity contribution is -0.153. The largest absolute Gasteiger partial charge is 0.508 e. The maximum absolute atomic E-state index is 13.8. The Bertz CT molecular complexity index is 1330. The number of amides is 1. The number of ketones is 2. The number of halogens is 1. The summed E-state index contributed by atoms with van der Waals surface area (Å²) >= 11 is 6.77. The Morgan fingerprint density at radius 1 is 1.26 bits per heavy atom. The quantitative estimate of drug-likeness (QED) is 0.289. The van der Waals surface area contributed by atoms with E-state index in [9.17, 15) is 34.8 Å². The Labute approximate surface area is 224 Å². The highest BCUT2D eigenvalue weighted by Crippen LogP contribution is 2.53. The van der Waals surface area contributed by atoms with E-state index >= 15 is 0 Å². The third-order valence-electron chi connectivity index (χ3n) is 8.67. The number of phenols is 1. The number of aliphatic hydroxyl groups excluding tert-OH is 2. The average Bonchev–Trinajstić information content (AvgIpc) is 3.67. The van der Waals surface area contributed by atoms with Crippen molar-refractivity contribution in [1.82, 2.24) is 10.2 Å². The van der Waals surface area contributed by atoms with Crippen LogP contribution in [0.15, 0.2) is 23.0 Å². The predicted molar refractivity (Wildman–Crippen MR) is 138 cm³/mol. The molecule has 5 atom stereocenters. The molecule has 1 aromatic rings. The molecule has 4 aliphatic carbocycles. The van der Waals surface area contributed by atoms with Crippen LogP contribution in [0.2, 0.25) is 5.02 Å². The zero-order valence-electron chi connectivity index (χ0n) is 21.4. The van der Waals surface area contributed by atoms with Crippen LogP contribution in [0.3, 0.4) is 0 Å². The van der Waals surface area contributed by atoms with Gasteiger partial charge in [0.1, 0.15) is 22.8 Å². The molecular weight excluding hydrogens is 514 g/mol. The molecule has 204 valence electrons. The van der Waals surface area contributed by atoms with E-state index in [1.54, 1.807) is 14.1 Å². The zero-order valence-corrected chi connectivity index (χ0v) is 22.2. The normalized spacial score (nSPS) is 29.8. The molecule has 7 N–H and O–H groups in total. The summed E-state index contributed by atoms with van der Waals surface area (Å²) in [5, 5.41) is 48.4. The molecule has 38 heavy (non-hydrogen) atoms. The number of carbonyl (C=O) groups excluding carboxylic acids is 3. The highest BCUT2D eigenvalue weighted by molar-refractivity contribution is 6.32. The molecule has 10 nitrogen and oxygen atoms in total. The number of fused-ring (bicyclic) bond motifs is 3. The van der Waals surface area contributed by atoms with Crippen molar-refractivity contribution in [3.8, 4) is 5.75 Å². The predicted octanol–water partition coefficient (Wildman–Crippen LogP) is 1.51. The maximum Gasteiger partial charge on any atom is 0.255 e.